The van der Waals surface area contributed by atoms with Gasteiger partial charge in [-0.05, 0) is 24.3 Å². The van der Waals surface area contributed by atoms with E-state index in [0.717, 1.165) is 28.3 Å². The summed E-state index contributed by atoms with van der Waals surface area (Å²) in [5, 5.41) is 1.93. The summed E-state index contributed by atoms with van der Waals surface area (Å²) in [6.07, 6.45) is 2.44. The summed E-state index contributed by atoms with van der Waals surface area (Å²) < 4.78 is 12.5. The minimum atomic E-state index is 0.501. The van der Waals surface area contributed by atoms with Crippen molar-refractivity contribution < 1.29 is 13.9 Å². The number of furan rings is 1. The van der Waals surface area contributed by atoms with E-state index in [4.69, 9.17) is 9.15 Å². The summed E-state index contributed by atoms with van der Waals surface area (Å²) in [7, 11) is 1.61. The molecule has 0 saturated carbocycles. The number of aldehydes is 1. The molecular weight excluding hydrogens is 312 g/mol. The van der Waals surface area contributed by atoms with Crippen molar-refractivity contribution in [2.45, 2.75) is 0 Å². The zero-order valence-electron chi connectivity index (χ0n) is 12.2. The maximum Gasteiger partial charge on any atom is 0.195 e. The summed E-state index contributed by atoms with van der Waals surface area (Å²) >= 11 is 1.47. The normalized spacial score (nSPS) is 11.0. The number of hydrogen-bond acceptors (Lipinski definition) is 5. The van der Waals surface area contributed by atoms with Gasteiger partial charge in [0.25, 0.3) is 0 Å². The molecule has 3 aromatic heterocycles. The van der Waals surface area contributed by atoms with E-state index in [1.807, 2.05) is 46.2 Å². The topological polar surface area (TPSA) is 56.7 Å². The van der Waals surface area contributed by atoms with Crippen LogP contribution in [0.1, 0.15) is 10.5 Å². The maximum absolute atomic E-state index is 11.7. The molecule has 1 aromatic carbocycles. The fourth-order valence-electron chi connectivity index (χ4n) is 2.57. The molecule has 0 aliphatic heterocycles. The first-order valence-electron chi connectivity index (χ1n) is 6.95. The Balaban J connectivity index is 1.96. The van der Waals surface area contributed by atoms with Crippen molar-refractivity contribution in [3.8, 4) is 28.5 Å². The Bertz CT molecular complexity index is 983. The fourth-order valence-corrected chi connectivity index (χ4v) is 3.45. The zero-order valence-corrected chi connectivity index (χ0v) is 13.0. The zero-order chi connectivity index (χ0) is 15.8. The van der Waals surface area contributed by atoms with Gasteiger partial charge in [-0.3, -0.25) is 9.20 Å². The van der Waals surface area contributed by atoms with E-state index in [-0.39, 0.29) is 0 Å². The van der Waals surface area contributed by atoms with Crippen LogP contribution < -0.4 is 4.74 Å². The monoisotopic (exact) mass is 324 g/mol. The van der Waals surface area contributed by atoms with Crippen molar-refractivity contribution in [3.63, 3.8) is 0 Å². The van der Waals surface area contributed by atoms with E-state index < -0.39 is 0 Å². The number of aromatic nitrogens is 2. The molecule has 114 valence electrons. The molecular formula is C17H12N2O3S. The van der Waals surface area contributed by atoms with Gasteiger partial charge < -0.3 is 9.15 Å². The van der Waals surface area contributed by atoms with Crippen LogP contribution in [0.4, 0.5) is 0 Å². The van der Waals surface area contributed by atoms with Crippen LogP contribution in [0.25, 0.3) is 27.7 Å². The number of carbonyl (C=O) groups is 1. The molecule has 0 aliphatic carbocycles. The van der Waals surface area contributed by atoms with Crippen molar-refractivity contribution in [3.05, 3.63) is 53.7 Å². The average Bonchev–Trinajstić information content (AvgIpc) is 3.30. The largest absolute Gasteiger partial charge is 0.497 e. The van der Waals surface area contributed by atoms with Crippen LogP contribution >= 0.6 is 11.3 Å². The van der Waals surface area contributed by atoms with Crippen LogP contribution in [0.15, 0.2) is 52.5 Å². The van der Waals surface area contributed by atoms with Gasteiger partial charge in [0.05, 0.1) is 13.4 Å². The number of thiazole rings is 1. The molecule has 0 saturated heterocycles. The number of imidazole rings is 1. The number of ether oxygens (including phenoxy) is 1. The number of methoxy groups -OCH3 is 1. The highest BCUT2D eigenvalue weighted by molar-refractivity contribution is 7.15. The molecule has 0 spiro atoms. The standard InChI is InChI=1S/C17H12N2O3S/c1-21-12-5-2-4-11(8-12)16-13(9-20)19-14(10-23-17(19)18-16)15-6-3-7-22-15/h2-10H,1H3. The number of rotatable bonds is 4. The summed E-state index contributed by atoms with van der Waals surface area (Å²) in [5.41, 5.74) is 2.80. The lowest BCUT2D eigenvalue weighted by atomic mass is 10.1. The van der Waals surface area contributed by atoms with Crippen LogP contribution in [0.2, 0.25) is 0 Å². The summed E-state index contributed by atoms with van der Waals surface area (Å²) in [6, 6.07) is 11.2. The first kappa shape index (κ1) is 13.8. The van der Waals surface area contributed by atoms with Gasteiger partial charge in [-0.15, -0.1) is 11.3 Å². The molecule has 0 radical (unpaired) electrons. The lowest BCUT2D eigenvalue weighted by molar-refractivity contribution is 0.111. The third kappa shape index (κ3) is 2.15. The third-order valence-corrected chi connectivity index (χ3v) is 4.45. The quantitative estimate of drug-likeness (QED) is 0.529. The average molecular weight is 324 g/mol. The van der Waals surface area contributed by atoms with Gasteiger partial charge in [-0.2, -0.15) is 0 Å². The van der Waals surface area contributed by atoms with Crippen LogP contribution in [0, 0.1) is 0 Å². The predicted octanol–water partition coefficient (Wildman–Crippen LogP) is 4.14. The fraction of sp³-hybridized carbons (Fsp3) is 0.0588. The molecule has 0 unspecified atom stereocenters. The molecule has 3 heterocycles. The maximum atomic E-state index is 11.7. The highest BCUT2D eigenvalue weighted by Gasteiger charge is 2.19. The Morgan fingerprint density at radius 3 is 2.96 bits per heavy atom. The van der Waals surface area contributed by atoms with Crippen molar-refractivity contribution in [2.24, 2.45) is 0 Å². The Morgan fingerprint density at radius 1 is 1.30 bits per heavy atom. The lowest BCUT2D eigenvalue weighted by Crippen LogP contribution is -1.93. The van der Waals surface area contributed by atoms with E-state index >= 15 is 0 Å². The van der Waals surface area contributed by atoms with Gasteiger partial charge >= 0.3 is 0 Å². The smallest absolute Gasteiger partial charge is 0.195 e. The molecule has 5 nitrogen and oxygen atoms in total. The summed E-state index contributed by atoms with van der Waals surface area (Å²) in [6.45, 7) is 0. The number of hydrogen-bond donors (Lipinski definition) is 0. The van der Waals surface area contributed by atoms with Gasteiger partial charge in [0.2, 0.25) is 0 Å². The van der Waals surface area contributed by atoms with Gasteiger partial charge in [0.1, 0.15) is 22.8 Å². The number of nitrogens with zero attached hydrogens (tertiary/aromatic N) is 2. The Hall–Kier alpha value is -2.86. The molecule has 0 atom stereocenters. The van der Waals surface area contributed by atoms with Crippen molar-refractivity contribution in [2.75, 3.05) is 7.11 Å². The molecule has 0 aliphatic rings. The summed E-state index contributed by atoms with van der Waals surface area (Å²) in [4.78, 5) is 17.1. The molecule has 4 rings (SSSR count). The van der Waals surface area contributed by atoms with Crippen molar-refractivity contribution in [1.29, 1.82) is 0 Å². The Morgan fingerprint density at radius 2 is 2.22 bits per heavy atom. The van der Waals surface area contributed by atoms with Gasteiger partial charge in [0.15, 0.2) is 17.0 Å². The second kappa shape index (κ2) is 5.40. The lowest BCUT2D eigenvalue weighted by Gasteiger charge is -2.03. The molecule has 0 N–H and O–H groups in total. The van der Waals surface area contributed by atoms with Crippen LogP contribution in [0.5, 0.6) is 5.75 Å². The van der Waals surface area contributed by atoms with Crippen LogP contribution in [0.3, 0.4) is 0 Å². The van der Waals surface area contributed by atoms with Gasteiger partial charge in [-0.25, -0.2) is 4.98 Å². The molecule has 0 bridgehead atoms. The highest BCUT2D eigenvalue weighted by Crippen LogP contribution is 2.33. The Labute approximate surface area is 135 Å². The van der Waals surface area contributed by atoms with Crippen molar-refractivity contribution in [1.82, 2.24) is 9.38 Å². The van der Waals surface area contributed by atoms with E-state index in [9.17, 15) is 4.79 Å². The SMILES string of the molecule is COc1cccc(-c2nc3scc(-c4ccco4)n3c2C=O)c1. The number of benzene rings is 1. The highest BCUT2D eigenvalue weighted by atomic mass is 32.1. The van der Waals surface area contributed by atoms with E-state index in [0.29, 0.717) is 17.1 Å². The van der Waals surface area contributed by atoms with E-state index in [1.54, 1.807) is 13.4 Å². The molecule has 4 aromatic rings. The molecule has 0 fully saturated rings. The Kier molecular flexibility index (Phi) is 3.24. The summed E-state index contributed by atoms with van der Waals surface area (Å²) in [5.74, 6) is 1.43. The molecule has 6 heteroatoms. The molecule has 23 heavy (non-hydrogen) atoms. The first-order chi connectivity index (χ1) is 11.3. The third-order valence-electron chi connectivity index (χ3n) is 3.63. The van der Waals surface area contributed by atoms with Gasteiger partial charge in [0, 0.05) is 10.9 Å². The van der Waals surface area contributed by atoms with Gasteiger partial charge in [-0.1, -0.05) is 12.1 Å². The predicted molar refractivity (Wildman–Crippen MR) is 88.1 cm³/mol. The number of fused-ring (bicyclic) bond motifs is 1. The second-order valence-electron chi connectivity index (χ2n) is 4.91. The number of carbonyl (C=O) groups excluding carboxylic acids is 1. The first-order valence-corrected chi connectivity index (χ1v) is 7.83. The van der Waals surface area contributed by atoms with E-state index in [1.165, 1.54) is 11.3 Å². The minimum Gasteiger partial charge on any atom is -0.497 e. The second-order valence-corrected chi connectivity index (χ2v) is 5.75. The molecule has 0 amide bonds. The minimum absolute atomic E-state index is 0.501. The van der Waals surface area contributed by atoms with Crippen LogP contribution in [-0.2, 0) is 0 Å². The van der Waals surface area contributed by atoms with Crippen LogP contribution in [-0.4, -0.2) is 22.8 Å². The van der Waals surface area contributed by atoms with Crippen molar-refractivity contribution >= 4 is 22.6 Å². The van der Waals surface area contributed by atoms with E-state index in [2.05, 4.69) is 4.98 Å².